The van der Waals surface area contributed by atoms with Gasteiger partial charge in [0.05, 0.1) is 0 Å². The number of halogens is 1. The molecule has 3 rings (SSSR count). The molecule has 27 heavy (non-hydrogen) atoms. The second-order valence-electron chi connectivity index (χ2n) is 7.82. The fourth-order valence-electron chi connectivity index (χ4n) is 4.30. The number of aryl methyl sites for hydroxylation is 2. The van der Waals surface area contributed by atoms with E-state index < -0.39 is 0 Å². The summed E-state index contributed by atoms with van der Waals surface area (Å²) in [5.74, 6) is 4.25. The van der Waals surface area contributed by atoms with Crippen LogP contribution in [0.5, 0.6) is 0 Å². The van der Waals surface area contributed by atoms with Crippen LogP contribution in [0.1, 0.15) is 75.9 Å². The standard InChI is InChI=1S/C20H36N6.HI/c1-21-20(22-14-7-11-17-9-4-5-10-17)23-15-8-13-19-25-24-18-12-3-2-6-16-26(18)19;/h17H,2-16H2,1H3,(H2,21,22,23);1H. The number of fused-ring (bicyclic) bond motifs is 1. The smallest absolute Gasteiger partial charge is 0.190 e. The minimum absolute atomic E-state index is 0. The van der Waals surface area contributed by atoms with Crippen molar-refractivity contribution in [3.63, 3.8) is 0 Å². The average molecular weight is 488 g/mol. The highest BCUT2D eigenvalue weighted by Crippen LogP contribution is 2.28. The molecule has 2 heterocycles. The van der Waals surface area contributed by atoms with E-state index in [-0.39, 0.29) is 24.0 Å². The highest BCUT2D eigenvalue weighted by Gasteiger charge is 2.15. The Labute approximate surface area is 181 Å². The summed E-state index contributed by atoms with van der Waals surface area (Å²) in [6, 6.07) is 0. The fourth-order valence-corrected chi connectivity index (χ4v) is 4.30. The average Bonchev–Trinajstić information content (AvgIpc) is 3.25. The molecule has 1 aliphatic carbocycles. The highest BCUT2D eigenvalue weighted by molar-refractivity contribution is 14.0. The Morgan fingerprint density at radius 1 is 1.04 bits per heavy atom. The van der Waals surface area contributed by atoms with Crippen molar-refractivity contribution >= 4 is 29.9 Å². The van der Waals surface area contributed by atoms with Crippen molar-refractivity contribution in [1.29, 1.82) is 0 Å². The van der Waals surface area contributed by atoms with Crippen LogP contribution in [0.15, 0.2) is 4.99 Å². The molecule has 1 aromatic rings. The van der Waals surface area contributed by atoms with E-state index in [1.54, 1.807) is 0 Å². The monoisotopic (exact) mass is 488 g/mol. The zero-order chi connectivity index (χ0) is 18.0. The third-order valence-electron chi connectivity index (χ3n) is 5.84. The summed E-state index contributed by atoms with van der Waals surface area (Å²) >= 11 is 0. The SMILES string of the molecule is CN=C(NCCCc1nnc2n1CCCCC2)NCCCC1CCCC1.I. The first kappa shape index (κ1) is 22.4. The van der Waals surface area contributed by atoms with Crippen molar-refractivity contribution in [2.45, 2.75) is 83.6 Å². The molecule has 7 heteroatoms. The Morgan fingerprint density at radius 2 is 1.81 bits per heavy atom. The van der Waals surface area contributed by atoms with Gasteiger partial charge in [0.15, 0.2) is 5.96 Å². The van der Waals surface area contributed by atoms with Crippen LogP contribution in [-0.2, 0) is 19.4 Å². The quantitative estimate of drug-likeness (QED) is 0.254. The van der Waals surface area contributed by atoms with E-state index in [9.17, 15) is 0 Å². The Balaban J connectivity index is 0.00000261. The van der Waals surface area contributed by atoms with Crippen molar-refractivity contribution < 1.29 is 0 Å². The van der Waals surface area contributed by atoms with Crippen LogP contribution in [0.25, 0.3) is 0 Å². The number of aliphatic imine (C=N–C) groups is 1. The van der Waals surface area contributed by atoms with Crippen molar-refractivity contribution in [1.82, 2.24) is 25.4 Å². The van der Waals surface area contributed by atoms with E-state index in [0.29, 0.717) is 0 Å². The van der Waals surface area contributed by atoms with Gasteiger partial charge in [0, 0.05) is 39.5 Å². The highest BCUT2D eigenvalue weighted by atomic mass is 127. The van der Waals surface area contributed by atoms with Gasteiger partial charge in [0.25, 0.3) is 0 Å². The van der Waals surface area contributed by atoms with Crippen LogP contribution in [-0.4, -0.2) is 40.9 Å². The molecule has 1 fully saturated rings. The van der Waals surface area contributed by atoms with E-state index in [4.69, 9.17) is 0 Å². The number of hydrogen-bond acceptors (Lipinski definition) is 3. The maximum atomic E-state index is 4.41. The first-order valence-corrected chi connectivity index (χ1v) is 10.7. The van der Waals surface area contributed by atoms with Crippen molar-refractivity contribution in [3.05, 3.63) is 11.6 Å². The van der Waals surface area contributed by atoms with Gasteiger partial charge < -0.3 is 15.2 Å². The first-order valence-electron chi connectivity index (χ1n) is 10.7. The summed E-state index contributed by atoms with van der Waals surface area (Å²) in [6.45, 7) is 3.04. The number of nitrogens with zero attached hydrogens (tertiary/aromatic N) is 4. The number of aromatic nitrogens is 3. The first-order chi connectivity index (χ1) is 12.9. The lowest BCUT2D eigenvalue weighted by atomic mass is 10.0. The van der Waals surface area contributed by atoms with E-state index in [1.807, 2.05) is 7.05 Å². The molecule has 1 saturated carbocycles. The van der Waals surface area contributed by atoms with E-state index >= 15 is 0 Å². The Kier molecular flexibility index (Phi) is 10.4. The van der Waals surface area contributed by atoms with Crippen LogP contribution in [0.2, 0.25) is 0 Å². The van der Waals surface area contributed by atoms with Gasteiger partial charge in [-0.2, -0.15) is 0 Å². The van der Waals surface area contributed by atoms with Gasteiger partial charge in [-0.3, -0.25) is 4.99 Å². The van der Waals surface area contributed by atoms with Crippen LogP contribution in [0, 0.1) is 5.92 Å². The molecular weight excluding hydrogens is 451 g/mol. The molecule has 0 radical (unpaired) electrons. The van der Waals surface area contributed by atoms with Gasteiger partial charge in [0.1, 0.15) is 11.6 Å². The Hall–Kier alpha value is -0.860. The third kappa shape index (κ3) is 7.23. The van der Waals surface area contributed by atoms with E-state index in [0.717, 1.165) is 56.6 Å². The predicted octanol–water partition coefficient (Wildman–Crippen LogP) is 3.69. The van der Waals surface area contributed by atoms with Crippen molar-refractivity contribution in [2.24, 2.45) is 10.9 Å². The summed E-state index contributed by atoms with van der Waals surface area (Å²) in [5, 5.41) is 15.7. The zero-order valence-corrected chi connectivity index (χ0v) is 19.2. The number of guanidine groups is 1. The molecule has 0 amide bonds. The number of nitrogens with one attached hydrogen (secondary N) is 2. The summed E-state index contributed by atoms with van der Waals surface area (Å²) in [4.78, 5) is 4.34. The number of hydrogen-bond donors (Lipinski definition) is 2. The van der Waals surface area contributed by atoms with Gasteiger partial charge in [-0.25, -0.2) is 0 Å². The summed E-state index contributed by atoms with van der Waals surface area (Å²) in [5.41, 5.74) is 0. The minimum Gasteiger partial charge on any atom is -0.356 e. The fraction of sp³-hybridized carbons (Fsp3) is 0.850. The van der Waals surface area contributed by atoms with Crippen LogP contribution in [0.4, 0.5) is 0 Å². The lowest BCUT2D eigenvalue weighted by Gasteiger charge is -2.13. The lowest BCUT2D eigenvalue weighted by Crippen LogP contribution is -2.38. The summed E-state index contributed by atoms with van der Waals surface area (Å²) in [6.07, 6.45) is 15.3. The van der Waals surface area contributed by atoms with Crippen LogP contribution < -0.4 is 10.6 Å². The molecule has 2 aliphatic rings. The van der Waals surface area contributed by atoms with Gasteiger partial charge >= 0.3 is 0 Å². The topological polar surface area (TPSA) is 67.1 Å². The largest absolute Gasteiger partial charge is 0.356 e. The lowest BCUT2D eigenvalue weighted by molar-refractivity contribution is 0.481. The molecule has 0 spiro atoms. The van der Waals surface area contributed by atoms with Gasteiger partial charge in [-0.1, -0.05) is 32.1 Å². The molecule has 0 saturated heterocycles. The predicted molar refractivity (Wildman–Crippen MR) is 122 cm³/mol. The zero-order valence-electron chi connectivity index (χ0n) is 16.9. The van der Waals surface area contributed by atoms with Crippen molar-refractivity contribution in [3.8, 4) is 0 Å². The molecular formula is C20H37IN6. The molecule has 0 aromatic carbocycles. The molecule has 2 N–H and O–H groups in total. The maximum absolute atomic E-state index is 4.41. The van der Waals surface area contributed by atoms with Gasteiger partial charge in [-0.15, -0.1) is 34.2 Å². The normalized spacial score (nSPS) is 17.9. The summed E-state index contributed by atoms with van der Waals surface area (Å²) < 4.78 is 2.35. The summed E-state index contributed by atoms with van der Waals surface area (Å²) in [7, 11) is 1.85. The molecule has 6 nitrogen and oxygen atoms in total. The second-order valence-corrected chi connectivity index (χ2v) is 7.82. The van der Waals surface area contributed by atoms with Crippen molar-refractivity contribution in [2.75, 3.05) is 20.1 Å². The van der Waals surface area contributed by atoms with Gasteiger partial charge in [-0.05, 0) is 38.0 Å². The maximum Gasteiger partial charge on any atom is 0.190 e. The molecule has 0 bridgehead atoms. The molecule has 154 valence electrons. The molecule has 1 aromatic heterocycles. The molecule has 0 unspecified atom stereocenters. The Bertz CT molecular complexity index is 565. The van der Waals surface area contributed by atoms with Crippen LogP contribution in [0.3, 0.4) is 0 Å². The van der Waals surface area contributed by atoms with E-state index in [1.165, 1.54) is 63.6 Å². The second kappa shape index (κ2) is 12.6. The Morgan fingerprint density at radius 3 is 2.59 bits per heavy atom. The molecule has 0 atom stereocenters. The van der Waals surface area contributed by atoms with Crippen LogP contribution >= 0.6 is 24.0 Å². The molecule has 1 aliphatic heterocycles. The van der Waals surface area contributed by atoms with E-state index in [2.05, 4.69) is 30.4 Å². The van der Waals surface area contributed by atoms with Gasteiger partial charge in [0.2, 0.25) is 0 Å². The number of rotatable bonds is 8. The minimum atomic E-state index is 0. The third-order valence-corrected chi connectivity index (χ3v) is 5.84.